The highest BCUT2D eigenvalue weighted by atomic mass is 127. The normalized spacial score (nSPS) is 18.9. The maximum Gasteiger partial charge on any atom is 0.253 e. The third-order valence-electron chi connectivity index (χ3n) is 15.1. The van der Waals surface area contributed by atoms with E-state index in [0.717, 1.165) is 87.2 Å². The number of anilines is 1. The number of piperazine rings is 1. The number of ether oxygens (including phenoxy) is 3. The summed E-state index contributed by atoms with van der Waals surface area (Å²) in [5.74, 6) is 0.256. The number of aromatic amines is 1. The van der Waals surface area contributed by atoms with E-state index in [9.17, 15) is 33.9 Å². The molecule has 0 spiro atoms. The molecule has 3 unspecified atom stereocenters. The molecule has 4 aliphatic rings. The molecular weight excluding hydrogens is 1210 g/mol. The molecule has 4 atom stereocenters. The average molecular weight is 1290 g/mol. The van der Waals surface area contributed by atoms with Gasteiger partial charge in [-0.2, -0.15) is 0 Å². The molecule has 2 saturated heterocycles. The van der Waals surface area contributed by atoms with Gasteiger partial charge in [-0.25, -0.2) is 4.98 Å². The first kappa shape index (κ1) is 65.9. The van der Waals surface area contributed by atoms with Gasteiger partial charge < -0.3 is 66.0 Å². The first-order valence-corrected chi connectivity index (χ1v) is 31.2. The fourth-order valence-corrected chi connectivity index (χ4v) is 12.3. The number of aromatic nitrogens is 2. The third kappa shape index (κ3) is 19.2. The van der Waals surface area contributed by atoms with Crippen molar-refractivity contribution >= 4 is 80.2 Å². The SMILES string of the molecule is CC1=C(c2ccc(CNC(=O)C3CC(O)CN3C(=O)[C@@H](NC(=O)CCOCCOCCOCCC(=O)NCCN3CCN(c4ccc(C5=CC(C(=O)NCc6c(C)cc(C)[nH]c6=O)=C(I)C(NC(C)C)C5)cn4)CC3)C(C)(C)C)cc2)SCN1. The number of carbonyl (C=O) groups is 5. The summed E-state index contributed by atoms with van der Waals surface area (Å²) >= 11 is 4.02. The van der Waals surface area contributed by atoms with Gasteiger partial charge >= 0.3 is 0 Å². The van der Waals surface area contributed by atoms with Crippen LogP contribution in [0.4, 0.5) is 5.82 Å². The predicted molar refractivity (Wildman–Crippen MR) is 336 cm³/mol. The van der Waals surface area contributed by atoms with E-state index in [0.29, 0.717) is 37.3 Å². The number of benzene rings is 1. The van der Waals surface area contributed by atoms with Gasteiger partial charge in [0.25, 0.3) is 11.5 Å². The van der Waals surface area contributed by atoms with E-state index in [1.54, 1.807) is 11.8 Å². The van der Waals surface area contributed by atoms with Crippen LogP contribution in [0.15, 0.2) is 74.4 Å². The van der Waals surface area contributed by atoms with Crippen LogP contribution in [-0.2, 0) is 51.3 Å². The number of rotatable bonds is 28. The number of nitrogens with zero attached hydrogens (tertiary/aromatic N) is 4. The fourth-order valence-electron chi connectivity index (χ4n) is 10.5. The van der Waals surface area contributed by atoms with E-state index in [1.807, 2.05) is 83.3 Å². The van der Waals surface area contributed by atoms with Gasteiger partial charge in [0.2, 0.25) is 23.6 Å². The average Bonchev–Trinajstić information content (AvgIpc) is 4.20. The van der Waals surface area contributed by atoms with Gasteiger partial charge in [0, 0.05) is 122 Å². The standard InChI is InChI=1S/C61H86IN11O10S/c1-38(2)68-49-31-45(30-47(54(49)62)57(77)66-35-48-39(3)29-40(4)69-58(48)78)44-13-14-51(64-34-44)72-21-19-71(20-22-72)18-17-63-52(75)15-23-81-25-27-83-28-26-82-24-16-53(76)70-56(61(6,7)8)60(80)73-36-46(74)32-50(73)59(79)65-33-42-9-11-43(12-10-42)55-41(5)67-37-84-55/h9-14,29-30,34,38,46,49-50,56,67-68,74H,15-28,31-33,35-37H2,1-8H3,(H,63,75)(H,65,79)(H,66,77)(H,69,78)(H,70,76)/t46?,49?,50?,56-/m1/s1. The molecule has 2 fully saturated rings. The number of carbonyl (C=O) groups excluding carboxylic acids is 5. The third-order valence-corrected chi connectivity index (χ3v) is 17.6. The number of pyridine rings is 2. The summed E-state index contributed by atoms with van der Waals surface area (Å²) in [6.45, 7) is 21.9. The second kappa shape index (κ2) is 31.6. The zero-order chi connectivity index (χ0) is 60.5. The largest absolute Gasteiger partial charge is 0.391 e. The van der Waals surface area contributed by atoms with E-state index in [2.05, 4.69) is 96.1 Å². The number of thioether (sulfide) groups is 1. The van der Waals surface area contributed by atoms with E-state index < -0.39 is 29.5 Å². The highest BCUT2D eigenvalue weighted by Gasteiger charge is 2.44. The Bertz CT molecular complexity index is 2920. The van der Waals surface area contributed by atoms with Crippen molar-refractivity contribution in [3.8, 4) is 0 Å². The summed E-state index contributed by atoms with van der Waals surface area (Å²) in [5, 5.41) is 29.3. The Labute approximate surface area is 511 Å². The van der Waals surface area contributed by atoms with Crippen LogP contribution in [0.25, 0.3) is 10.5 Å². The maximum atomic E-state index is 14.0. The fraction of sp³-hybridized carbons (Fsp3) is 0.557. The summed E-state index contributed by atoms with van der Waals surface area (Å²) in [5.41, 5.74) is 6.97. The number of hydrogen-bond acceptors (Lipinski definition) is 16. The molecule has 21 nitrogen and oxygen atoms in total. The lowest BCUT2D eigenvalue weighted by atomic mass is 9.85. The minimum atomic E-state index is -0.939. The molecule has 5 heterocycles. The second-order valence-electron chi connectivity index (χ2n) is 23.2. The van der Waals surface area contributed by atoms with Crippen molar-refractivity contribution in [3.63, 3.8) is 0 Å². The van der Waals surface area contributed by atoms with Gasteiger partial charge in [-0.05, 0) is 107 Å². The van der Waals surface area contributed by atoms with Crippen LogP contribution in [0.2, 0.25) is 0 Å². The molecule has 23 heteroatoms. The Hall–Kier alpha value is -5.67. The first-order valence-electron chi connectivity index (χ1n) is 29.1. The number of aliphatic hydroxyl groups excluding tert-OH is 1. The number of H-pyrrole nitrogens is 1. The van der Waals surface area contributed by atoms with Gasteiger partial charge in [-0.1, -0.05) is 58.9 Å². The lowest BCUT2D eigenvalue weighted by Gasteiger charge is -2.35. The Morgan fingerprint density at radius 1 is 0.857 bits per heavy atom. The Morgan fingerprint density at radius 2 is 1.52 bits per heavy atom. The van der Waals surface area contributed by atoms with Crippen molar-refractivity contribution in [2.75, 3.05) is 96.2 Å². The predicted octanol–water partition coefficient (Wildman–Crippen LogP) is 4.41. The van der Waals surface area contributed by atoms with Crippen molar-refractivity contribution in [1.82, 2.24) is 51.7 Å². The van der Waals surface area contributed by atoms with E-state index in [4.69, 9.17) is 19.2 Å². The number of nitrogens with one attached hydrogen (secondary N) is 7. The number of halogens is 1. The van der Waals surface area contributed by atoms with Crippen LogP contribution >= 0.6 is 34.4 Å². The quantitative estimate of drug-likeness (QED) is 0.0370. The lowest BCUT2D eigenvalue weighted by Crippen LogP contribution is -2.57. The molecule has 7 rings (SSSR count). The van der Waals surface area contributed by atoms with Gasteiger partial charge in [0.05, 0.1) is 57.2 Å². The minimum absolute atomic E-state index is 0.00942. The van der Waals surface area contributed by atoms with Gasteiger partial charge in [-0.15, -0.1) is 11.8 Å². The smallest absolute Gasteiger partial charge is 0.253 e. The van der Waals surface area contributed by atoms with Crippen LogP contribution in [0.1, 0.15) is 101 Å². The molecule has 8 N–H and O–H groups in total. The van der Waals surface area contributed by atoms with Crippen molar-refractivity contribution in [2.24, 2.45) is 5.41 Å². The van der Waals surface area contributed by atoms with Gasteiger partial charge in [-0.3, -0.25) is 33.7 Å². The molecule has 1 aliphatic carbocycles. The molecule has 0 bridgehead atoms. The first-order chi connectivity index (χ1) is 40.1. The molecule has 3 aliphatic heterocycles. The summed E-state index contributed by atoms with van der Waals surface area (Å²) in [4.78, 5) is 94.3. The van der Waals surface area contributed by atoms with E-state index in [1.165, 1.54) is 9.81 Å². The number of hydrogen-bond donors (Lipinski definition) is 8. The van der Waals surface area contributed by atoms with Crippen molar-refractivity contribution < 1.29 is 43.3 Å². The topological polar surface area (TPSA) is 261 Å². The molecule has 3 aromatic rings. The molecule has 458 valence electrons. The van der Waals surface area contributed by atoms with Crippen molar-refractivity contribution in [3.05, 3.63) is 113 Å². The molecule has 2 aromatic heterocycles. The number of aryl methyl sites for hydroxylation is 2. The number of β-amino-alcohol motifs (C(OH)–C–C–N with tert-alkyl or cyclic N) is 1. The number of allylic oxidation sites excluding steroid dienone is 1. The molecule has 1 aromatic carbocycles. The zero-order valence-corrected chi connectivity index (χ0v) is 52.9. The van der Waals surface area contributed by atoms with Gasteiger partial charge in [0.15, 0.2) is 0 Å². The summed E-state index contributed by atoms with van der Waals surface area (Å²) in [6, 6.07) is 12.3. The monoisotopic (exact) mass is 1290 g/mol. The Balaban J connectivity index is 0.720. The van der Waals surface area contributed by atoms with Crippen molar-refractivity contribution in [1.29, 1.82) is 0 Å². The summed E-state index contributed by atoms with van der Waals surface area (Å²) in [7, 11) is 0. The maximum absolute atomic E-state index is 14.0. The number of aliphatic hydroxyl groups is 1. The molecule has 0 saturated carbocycles. The Kier molecular flexibility index (Phi) is 24.8. The highest BCUT2D eigenvalue weighted by molar-refractivity contribution is 14.1. The van der Waals surface area contributed by atoms with Crippen LogP contribution in [0.3, 0.4) is 0 Å². The molecular formula is C61H86IN11O10S. The molecule has 84 heavy (non-hydrogen) atoms. The lowest BCUT2D eigenvalue weighted by molar-refractivity contribution is -0.144. The summed E-state index contributed by atoms with van der Waals surface area (Å²) < 4.78 is 17.8. The van der Waals surface area contributed by atoms with Crippen LogP contribution in [0.5, 0.6) is 0 Å². The zero-order valence-electron chi connectivity index (χ0n) is 49.9. The Morgan fingerprint density at radius 3 is 2.14 bits per heavy atom. The van der Waals surface area contributed by atoms with E-state index in [-0.39, 0.29) is 107 Å². The van der Waals surface area contributed by atoms with Crippen LogP contribution in [0, 0.1) is 19.3 Å². The van der Waals surface area contributed by atoms with E-state index >= 15 is 0 Å². The summed E-state index contributed by atoms with van der Waals surface area (Å²) in [6.07, 6.45) is 4.02. The minimum Gasteiger partial charge on any atom is -0.391 e. The number of amides is 5. The second-order valence-corrected chi connectivity index (χ2v) is 25.3. The van der Waals surface area contributed by atoms with Gasteiger partial charge in [0.1, 0.15) is 17.9 Å². The van der Waals surface area contributed by atoms with Crippen LogP contribution in [-0.4, -0.2) is 176 Å². The van der Waals surface area contributed by atoms with Crippen molar-refractivity contribution in [2.45, 2.75) is 124 Å². The molecule has 0 radical (unpaired) electrons. The van der Waals surface area contributed by atoms with Crippen LogP contribution < -0.4 is 42.4 Å². The molecule has 5 amide bonds. The highest BCUT2D eigenvalue weighted by Crippen LogP contribution is 2.36. The number of likely N-dealkylation sites (tertiary alicyclic amines) is 1.